The van der Waals surface area contributed by atoms with E-state index in [2.05, 4.69) is 9.47 Å². The highest BCUT2D eigenvalue weighted by Gasteiger charge is 2.50. The first-order valence-corrected chi connectivity index (χ1v) is 4.10. The summed E-state index contributed by atoms with van der Waals surface area (Å²) in [6.45, 7) is 0.245. The minimum absolute atomic E-state index is 0.245. The summed E-state index contributed by atoms with van der Waals surface area (Å²) in [4.78, 5) is 23.1. The lowest BCUT2D eigenvalue weighted by Gasteiger charge is -2.16. The minimum atomic E-state index is -4.14. The fourth-order valence-corrected chi connectivity index (χ4v) is 1.60. The molecule has 1 amide bonds. The highest BCUT2D eigenvalue weighted by molar-refractivity contribution is 5.83. The number of rotatable bonds is 0. The molecule has 2 saturated heterocycles. The van der Waals surface area contributed by atoms with Gasteiger partial charge in [-0.05, 0) is 12.8 Å². The zero-order valence-electron chi connectivity index (χ0n) is 7.03. The molecule has 2 aliphatic heterocycles. The number of carbonyl (C=O) groups is 2. The van der Waals surface area contributed by atoms with E-state index in [-0.39, 0.29) is 6.54 Å². The SMILES string of the molecule is O=C1OC(F)(F)OC(=O)N2CCCC12. The van der Waals surface area contributed by atoms with Gasteiger partial charge in [0.25, 0.3) is 0 Å². The van der Waals surface area contributed by atoms with Crippen molar-refractivity contribution in [3.8, 4) is 0 Å². The van der Waals surface area contributed by atoms with Crippen molar-refractivity contribution in [3.05, 3.63) is 0 Å². The molecule has 0 spiro atoms. The van der Waals surface area contributed by atoms with Gasteiger partial charge in [0.15, 0.2) is 0 Å². The zero-order valence-corrected chi connectivity index (χ0v) is 7.03. The van der Waals surface area contributed by atoms with Gasteiger partial charge in [-0.3, -0.25) is 4.90 Å². The van der Waals surface area contributed by atoms with Crippen LogP contribution in [0.2, 0.25) is 0 Å². The lowest BCUT2D eigenvalue weighted by molar-refractivity contribution is -0.343. The molecule has 14 heavy (non-hydrogen) atoms. The van der Waals surface area contributed by atoms with Gasteiger partial charge in [-0.15, -0.1) is 8.78 Å². The Labute approximate surface area is 77.6 Å². The van der Waals surface area contributed by atoms with Gasteiger partial charge in [-0.25, -0.2) is 9.59 Å². The fraction of sp³-hybridized carbons (Fsp3) is 0.714. The van der Waals surface area contributed by atoms with Crippen LogP contribution in [0.25, 0.3) is 0 Å². The molecule has 0 bridgehead atoms. The van der Waals surface area contributed by atoms with Crippen LogP contribution < -0.4 is 0 Å². The van der Waals surface area contributed by atoms with Crippen molar-refractivity contribution in [1.82, 2.24) is 4.90 Å². The normalized spacial score (nSPS) is 30.4. The highest BCUT2D eigenvalue weighted by atomic mass is 19.3. The van der Waals surface area contributed by atoms with E-state index in [4.69, 9.17) is 0 Å². The number of nitrogens with zero attached hydrogens (tertiary/aromatic N) is 1. The smallest absolute Gasteiger partial charge is 0.364 e. The van der Waals surface area contributed by atoms with Crippen molar-refractivity contribution in [2.24, 2.45) is 0 Å². The molecule has 2 heterocycles. The van der Waals surface area contributed by atoms with Crippen LogP contribution in [0.15, 0.2) is 0 Å². The van der Waals surface area contributed by atoms with E-state index in [9.17, 15) is 18.4 Å². The summed E-state index contributed by atoms with van der Waals surface area (Å²) in [5.41, 5.74) is 0. The van der Waals surface area contributed by atoms with Crippen molar-refractivity contribution in [3.63, 3.8) is 0 Å². The van der Waals surface area contributed by atoms with Crippen LogP contribution in [0.3, 0.4) is 0 Å². The van der Waals surface area contributed by atoms with Crippen molar-refractivity contribution in [2.75, 3.05) is 6.54 Å². The van der Waals surface area contributed by atoms with Crippen molar-refractivity contribution in [2.45, 2.75) is 25.2 Å². The van der Waals surface area contributed by atoms with Gasteiger partial charge in [-0.1, -0.05) is 0 Å². The Morgan fingerprint density at radius 3 is 2.79 bits per heavy atom. The Balaban J connectivity index is 2.26. The summed E-state index contributed by atoms with van der Waals surface area (Å²) >= 11 is 0. The average Bonchev–Trinajstić information content (AvgIpc) is 2.45. The number of hydrogen-bond acceptors (Lipinski definition) is 4. The summed E-state index contributed by atoms with van der Waals surface area (Å²) < 4.78 is 32.5. The monoisotopic (exact) mass is 207 g/mol. The fourth-order valence-electron chi connectivity index (χ4n) is 1.60. The van der Waals surface area contributed by atoms with Crippen LogP contribution >= 0.6 is 0 Å². The Morgan fingerprint density at radius 1 is 1.36 bits per heavy atom. The Hall–Kier alpha value is -1.40. The third-order valence-corrected chi connectivity index (χ3v) is 2.18. The van der Waals surface area contributed by atoms with E-state index in [1.807, 2.05) is 0 Å². The summed E-state index contributed by atoms with van der Waals surface area (Å²) in [5.74, 6) is -1.11. The summed E-state index contributed by atoms with van der Waals surface area (Å²) in [7, 11) is 0. The summed E-state index contributed by atoms with van der Waals surface area (Å²) in [5, 5.41) is 0. The van der Waals surface area contributed by atoms with E-state index >= 15 is 0 Å². The quantitative estimate of drug-likeness (QED) is 0.548. The van der Waals surface area contributed by atoms with Crippen LogP contribution in [0.5, 0.6) is 0 Å². The van der Waals surface area contributed by atoms with E-state index in [0.29, 0.717) is 12.8 Å². The molecule has 0 aromatic carbocycles. The van der Waals surface area contributed by atoms with Gasteiger partial charge >= 0.3 is 18.4 Å². The highest BCUT2D eigenvalue weighted by Crippen LogP contribution is 2.29. The van der Waals surface area contributed by atoms with Crippen molar-refractivity contribution >= 4 is 12.1 Å². The lowest BCUT2D eigenvalue weighted by atomic mass is 10.2. The Kier molecular flexibility index (Phi) is 1.83. The van der Waals surface area contributed by atoms with Gasteiger partial charge < -0.3 is 9.47 Å². The predicted octanol–water partition coefficient (Wildman–Crippen LogP) is 0.695. The number of hydrogen-bond donors (Lipinski definition) is 0. The number of halogens is 2. The van der Waals surface area contributed by atoms with E-state index in [1.165, 1.54) is 0 Å². The first-order valence-electron chi connectivity index (χ1n) is 4.10. The van der Waals surface area contributed by atoms with Gasteiger partial charge in [-0.2, -0.15) is 0 Å². The molecule has 78 valence electrons. The number of fused-ring (bicyclic) bond motifs is 1. The molecule has 2 aliphatic rings. The van der Waals surface area contributed by atoms with Gasteiger partial charge in [0, 0.05) is 6.54 Å². The van der Waals surface area contributed by atoms with Crippen LogP contribution in [0.4, 0.5) is 13.6 Å². The van der Waals surface area contributed by atoms with E-state index < -0.39 is 24.4 Å². The molecule has 0 N–H and O–H groups in total. The number of cyclic esters (lactones) is 2. The van der Waals surface area contributed by atoms with Crippen LogP contribution in [-0.2, 0) is 14.3 Å². The molecule has 7 heteroatoms. The topological polar surface area (TPSA) is 55.8 Å². The second-order valence-corrected chi connectivity index (χ2v) is 3.10. The molecule has 1 atom stereocenters. The van der Waals surface area contributed by atoms with Gasteiger partial charge in [0.1, 0.15) is 6.04 Å². The first kappa shape index (κ1) is 9.17. The molecular weight excluding hydrogens is 200 g/mol. The minimum Gasteiger partial charge on any atom is -0.364 e. The third kappa shape index (κ3) is 1.38. The predicted molar refractivity (Wildman–Crippen MR) is 37.2 cm³/mol. The molecular formula is C7H7F2NO4. The van der Waals surface area contributed by atoms with E-state index in [0.717, 1.165) is 4.90 Å². The lowest BCUT2D eigenvalue weighted by Crippen LogP contribution is -2.38. The second kappa shape index (κ2) is 2.79. The first-order chi connectivity index (χ1) is 6.49. The second-order valence-electron chi connectivity index (χ2n) is 3.10. The molecule has 0 aliphatic carbocycles. The molecule has 1 unspecified atom stereocenters. The number of ether oxygens (including phenoxy) is 2. The maximum absolute atomic E-state index is 12.6. The molecule has 0 aromatic rings. The molecule has 2 rings (SSSR count). The van der Waals surface area contributed by atoms with E-state index in [1.54, 1.807) is 0 Å². The summed E-state index contributed by atoms with van der Waals surface area (Å²) in [6, 6.07) is -0.920. The molecule has 0 saturated carbocycles. The van der Waals surface area contributed by atoms with Crippen LogP contribution in [0, 0.1) is 0 Å². The molecule has 0 aromatic heterocycles. The van der Waals surface area contributed by atoms with Crippen molar-refractivity contribution < 1.29 is 27.8 Å². The molecule has 5 nitrogen and oxygen atoms in total. The Morgan fingerprint density at radius 2 is 2.07 bits per heavy atom. The number of alkyl halides is 2. The van der Waals surface area contributed by atoms with Crippen molar-refractivity contribution in [1.29, 1.82) is 0 Å². The largest absolute Gasteiger partial charge is 0.591 e. The summed E-state index contributed by atoms with van der Waals surface area (Å²) in [6.07, 6.45) is -4.42. The number of carbonyl (C=O) groups excluding carboxylic acids is 2. The third-order valence-electron chi connectivity index (χ3n) is 2.18. The van der Waals surface area contributed by atoms with Gasteiger partial charge in [0.05, 0.1) is 0 Å². The zero-order chi connectivity index (χ0) is 10.3. The number of amides is 1. The van der Waals surface area contributed by atoms with Crippen LogP contribution in [0.1, 0.15) is 12.8 Å². The molecule has 0 radical (unpaired) electrons. The molecule has 2 fully saturated rings. The number of esters is 1. The van der Waals surface area contributed by atoms with Crippen LogP contribution in [-0.4, -0.2) is 35.8 Å². The maximum atomic E-state index is 12.6. The Bertz CT molecular complexity index is 267. The average molecular weight is 207 g/mol. The van der Waals surface area contributed by atoms with Gasteiger partial charge in [0.2, 0.25) is 0 Å². The standard InChI is InChI=1S/C7H7F2NO4/c8-7(9)13-5(11)4-2-1-3-10(4)6(12)14-7/h4H,1-3H2. The maximum Gasteiger partial charge on any atom is 0.591 e.